The van der Waals surface area contributed by atoms with E-state index in [0.29, 0.717) is 10.8 Å². The number of thioether (sulfide) groups is 1. The third kappa shape index (κ3) is 10.7. The Balaban J connectivity index is 1.96. The molecular weight excluding hydrogens is 611 g/mol. The van der Waals surface area contributed by atoms with Gasteiger partial charge < -0.3 is 49.6 Å². The minimum Gasteiger partial charge on any atom is -0.778 e. The normalized spacial score (nSPS) is 26.8. The molecule has 18 nitrogen and oxygen atoms in total. The lowest BCUT2D eigenvalue weighted by Crippen LogP contribution is -2.36. The fraction of sp³-hybridized carbons (Fsp3) is 0.706. The highest BCUT2D eigenvalue weighted by Gasteiger charge is 2.45. The van der Waals surface area contributed by atoms with Crippen molar-refractivity contribution in [2.24, 2.45) is 5.73 Å². The maximum atomic E-state index is 12.3. The van der Waals surface area contributed by atoms with Crippen LogP contribution in [0.4, 0.5) is 0 Å². The van der Waals surface area contributed by atoms with Crippen molar-refractivity contribution in [1.29, 1.82) is 0 Å². The Hall–Kier alpha value is -1.01. The van der Waals surface area contributed by atoms with Crippen LogP contribution in [0.25, 0.3) is 0 Å². The van der Waals surface area contributed by atoms with Crippen molar-refractivity contribution in [1.82, 2.24) is 9.55 Å². The highest BCUT2D eigenvalue weighted by atomic mass is 32.2. The predicted octanol–water partition coefficient (Wildman–Crippen LogP) is -1.90. The molecule has 0 aliphatic carbocycles. The number of aliphatic hydroxyl groups is 2. The number of phosphoric ester groups is 1. The molecule has 22 heteroatoms. The molecule has 1 aromatic heterocycles. The zero-order valence-electron chi connectivity index (χ0n) is 20.2. The summed E-state index contributed by atoms with van der Waals surface area (Å²) in [5.41, 5.74) is 4.37. The lowest BCUT2D eigenvalue weighted by atomic mass is 10.1. The summed E-state index contributed by atoms with van der Waals surface area (Å²) >= 11 is 1.31. The summed E-state index contributed by atoms with van der Waals surface area (Å²) in [6.45, 7) is 0.825. The number of hydrogen-bond acceptors (Lipinski definition) is 17. The number of rotatable bonds is 16. The summed E-state index contributed by atoms with van der Waals surface area (Å²) in [5, 5.41) is 29.5. The summed E-state index contributed by atoms with van der Waals surface area (Å²) < 4.78 is 53.7. The molecule has 224 valence electrons. The van der Waals surface area contributed by atoms with Crippen molar-refractivity contribution >= 4 is 41.0 Å². The number of aromatic nitrogens is 2. The molecule has 0 bridgehead atoms. The first-order chi connectivity index (χ1) is 18.0. The number of ether oxygens (including phenoxy) is 1. The standard InChI is InChI=1S/C17H30N3O15P3S/c1-2-8-39-12-5-6-20(17(25)19-12)15-14(22)13(21)11(33-15)9-32-37(28,29)35-38(30,31)34-36(26,27)7-3-4-10(18)16(23)24/h5-6,10-11,13-15,21-22H,2-4,7-9,18H2,1H3,(H,23,24)(H,26,27)(H,28,29)(H,30,31)/p-3/t10?,11-,13?,14+,15-/m1/s1. The molecule has 2 rings (SSSR count). The number of carboxylic acid groups (broad SMARTS) is 1. The van der Waals surface area contributed by atoms with Crippen LogP contribution in [0.15, 0.2) is 22.1 Å². The lowest BCUT2D eigenvalue weighted by molar-refractivity contribution is -0.246. The molecule has 1 aromatic rings. The molecule has 8 atom stereocenters. The summed E-state index contributed by atoms with van der Waals surface area (Å²) in [6.07, 6.45) is -6.33. The number of hydrogen-bond donors (Lipinski definition) is 4. The summed E-state index contributed by atoms with van der Waals surface area (Å²) in [5.74, 6) is -0.721. The van der Waals surface area contributed by atoms with Gasteiger partial charge in [0, 0.05) is 12.4 Å². The van der Waals surface area contributed by atoms with E-state index in [4.69, 9.17) is 15.6 Å². The van der Waals surface area contributed by atoms with Crippen LogP contribution in [0.1, 0.15) is 32.4 Å². The van der Waals surface area contributed by atoms with Crippen molar-refractivity contribution in [3.05, 3.63) is 22.7 Å². The van der Waals surface area contributed by atoms with Crippen LogP contribution in [0.2, 0.25) is 0 Å². The zero-order chi connectivity index (χ0) is 29.6. The molecule has 2 heterocycles. The average Bonchev–Trinajstić information content (AvgIpc) is 3.08. The van der Waals surface area contributed by atoms with Crippen molar-refractivity contribution in [2.45, 2.75) is 61.8 Å². The average molecular weight is 638 g/mol. The van der Waals surface area contributed by atoms with Gasteiger partial charge in [-0.3, -0.25) is 22.8 Å². The van der Waals surface area contributed by atoms with E-state index in [0.717, 1.165) is 11.0 Å². The largest absolute Gasteiger partial charge is 0.778 e. The maximum Gasteiger partial charge on any atom is 0.350 e. The molecule has 1 fully saturated rings. The van der Waals surface area contributed by atoms with Crippen molar-refractivity contribution in [2.75, 3.05) is 18.5 Å². The molecule has 0 radical (unpaired) electrons. The topological polar surface area (TPSA) is 296 Å². The van der Waals surface area contributed by atoms with Crippen LogP contribution >= 0.6 is 35.0 Å². The van der Waals surface area contributed by atoms with E-state index in [9.17, 15) is 48.2 Å². The van der Waals surface area contributed by atoms with E-state index in [1.165, 1.54) is 24.0 Å². The SMILES string of the molecule is CCCSc1ccn([C@@H]2O[C@H](COP(=O)([O-])OP(=O)([O-])OP(=O)([O-])CCCC(N)C(=O)O)C(O)[C@@H]2O)c(=O)n1. The first kappa shape index (κ1) is 34.2. The molecule has 1 aliphatic rings. The molecule has 1 aliphatic heterocycles. The van der Waals surface area contributed by atoms with Gasteiger partial charge in [0.2, 0.25) is 0 Å². The van der Waals surface area contributed by atoms with E-state index in [1.807, 2.05) is 6.92 Å². The minimum atomic E-state index is -6.07. The molecular formula is C17H27N3O15P3S-3. The predicted molar refractivity (Wildman–Crippen MR) is 126 cm³/mol. The first-order valence-electron chi connectivity index (χ1n) is 11.2. The highest BCUT2D eigenvalue weighted by Crippen LogP contribution is 2.62. The third-order valence-corrected chi connectivity index (χ3v) is 10.8. The molecule has 0 spiro atoms. The van der Waals surface area contributed by atoms with Crippen LogP contribution < -0.4 is 26.1 Å². The van der Waals surface area contributed by atoms with Gasteiger partial charge in [0.25, 0.3) is 15.6 Å². The van der Waals surface area contributed by atoms with Crippen LogP contribution in [0, 0.1) is 0 Å². The third-order valence-electron chi connectivity index (χ3n) is 4.96. The first-order valence-corrected chi connectivity index (χ1v) is 16.8. The number of nitrogens with two attached hydrogens (primary N) is 1. The Morgan fingerprint density at radius 3 is 2.49 bits per heavy atom. The minimum absolute atomic E-state index is 0.348. The molecule has 1 saturated heterocycles. The van der Waals surface area contributed by atoms with E-state index in [-0.39, 0.29) is 6.42 Å². The Labute approximate surface area is 225 Å². The summed E-state index contributed by atoms with van der Waals surface area (Å²) in [4.78, 5) is 62.4. The number of aliphatic carboxylic acids is 1. The summed E-state index contributed by atoms with van der Waals surface area (Å²) in [6, 6.07) is 0.0511. The second kappa shape index (κ2) is 14.2. The smallest absolute Gasteiger partial charge is 0.350 e. The Bertz CT molecular complexity index is 1200. The van der Waals surface area contributed by atoms with Gasteiger partial charge in [-0.2, -0.15) is 4.98 Å². The monoisotopic (exact) mass is 638 g/mol. The van der Waals surface area contributed by atoms with E-state index >= 15 is 0 Å². The zero-order valence-corrected chi connectivity index (χ0v) is 23.7. The number of phosphoric acid groups is 2. The van der Waals surface area contributed by atoms with Crippen molar-refractivity contribution < 1.29 is 66.4 Å². The molecule has 39 heavy (non-hydrogen) atoms. The molecule has 5 unspecified atom stereocenters. The number of carboxylic acids is 1. The number of nitrogens with zero attached hydrogens (tertiary/aromatic N) is 2. The van der Waals surface area contributed by atoms with Gasteiger partial charge in [-0.25, -0.2) is 9.11 Å². The quantitative estimate of drug-likeness (QED) is 0.0872. The van der Waals surface area contributed by atoms with E-state index in [2.05, 4.69) is 18.1 Å². The molecule has 0 amide bonds. The van der Waals surface area contributed by atoms with Gasteiger partial charge in [-0.05, 0) is 31.1 Å². The Kier molecular flexibility index (Phi) is 12.5. The molecule has 0 saturated carbocycles. The van der Waals surface area contributed by atoms with Crippen LogP contribution in [0.5, 0.6) is 0 Å². The second-order valence-corrected chi connectivity index (χ2v) is 14.3. The fourth-order valence-electron chi connectivity index (χ4n) is 3.12. The van der Waals surface area contributed by atoms with Crippen LogP contribution in [-0.2, 0) is 36.4 Å². The maximum absolute atomic E-state index is 12.3. The lowest BCUT2D eigenvalue weighted by Gasteiger charge is -2.35. The van der Waals surface area contributed by atoms with E-state index < -0.39 is 84.7 Å². The van der Waals surface area contributed by atoms with Gasteiger partial charge in [0.05, 0.1) is 6.61 Å². The van der Waals surface area contributed by atoms with Gasteiger partial charge in [-0.15, -0.1) is 11.8 Å². The van der Waals surface area contributed by atoms with Gasteiger partial charge in [0.1, 0.15) is 37.0 Å². The van der Waals surface area contributed by atoms with E-state index in [1.54, 1.807) is 0 Å². The van der Waals surface area contributed by atoms with Gasteiger partial charge >= 0.3 is 11.7 Å². The Morgan fingerprint density at radius 1 is 1.23 bits per heavy atom. The highest BCUT2D eigenvalue weighted by molar-refractivity contribution is 7.99. The molecule has 0 aromatic carbocycles. The van der Waals surface area contributed by atoms with Crippen molar-refractivity contribution in [3.63, 3.8) is 0 Å². The van der Waals surface area contributed by atoms with Gasteiger partial charge in [0.15, 0.2) is 6.23 Å². The van der Waals surface area contributed by atoms with Gasteiger partial charge in [-0.1, -0.05) is 6.92 Å². The fourth-order valence-corrected chi connectivity index (χ4v) is 7.84. The second-order valence-electron chi connectivity index (χ2n) is 8.13. The van der Waals surface area contributed by atoms with Crippen molar-refractivity contribution in [3.8, 4) is 0 Å². The summed E-state index contributed by atoms with van der Waals surface area (Å²) in [7, 11) is -17.2. The number of aliphatic hydroxyl groups excluding tert-OH is 2. The van der Waals surface area contributed by atoms with Crippen LogP contribution in [-0.4, -0.2) is 73.7 Å². The number of carbonyl (C=O) groups is 1. The van der Waals surface area contributed by atoms with Crippen LogP contribution in [0.3, 0.4) is 0 Å². The molecule has 5 N–H and O–H groups in total. The Morgan fingerprint density at radius 2 is 1.90 bits per heavy atom.